The van der Waals surface area contributed by atoms with E-state index in [0.29, 0.717) is 5.96 Å². The van der Waals surface area contributed by atoms with Crippen molar-refractivity contribution in [1.82, 2.24) is 24.9 Å². The van der Waals surface area contributed by atoms with Crippen molar-refractivity contribution in [2.24, 2.45) is 16.8 Å². The second-order valence-corrected chi connectivity index (χ2v) is 8.83. The van der Waals surface area contributed by atoms with E-state index in [1.807, 2.05) is 0 Å². The summed E-state index contributed by atoms with van der Waals surface area (Å²) in [5.41, 5.74) is 0. The standard InChI is InChI=1S/C20H36N6O2/c1-23(2)18(27)13-21-20(22-14-19(28)24(3)4)26-9-7-25(8-10-26)17-12-15-5-6-16(17)11-15/h15-17H,5-14H2,1-4H3,(H,21,22). The fraction of sp³-hybridized carbons (Fsp3) is 0.850. The maximum atomic E-state index is 12.0. The van der Waals surface area contributed by atoms with E-state index in [2.05, 4.69) is 20.1 Å². The maximum absolute atomic E-state index is 12.0. The zero-order valence-corrected chi connectivity index (χ0v) is 17.9. The topological polar surface area (TPSA) is 71.5 Å². The molecule has 0 aromatic heterocycles. The van der Waals surface area contributed by atoms with Gasteiger partial charge in [0.15, 0.2) is 5.96 Å². The number of fused-ring (bicyclic) bond motifs is 2. The number of carbonyl (C=O) groups excluding carboxylic acids is 2. The third-order valence-corrected chi connectivity index (χ3v) is 6.54. The van der Waals surface area contributed by atoms with Crippen LogP contribution in [0, 0.1) is 11.8 Å². The smallest absolute Gasteiger partial charge is 0.243 e. The summed E-state index contributed by atoms with van der Waals surface area (Å²) in [5, 5.41) is 3.17. The van der Waals surface area contributed by atoms with Crippen molar-refractivity contribution in [3.05, 3.63) is 0 Å². The number of rotatable bonds is 5. The van der Waals surface area contributed by atoms with Gasteiger partial charge in [0.05, 0.1) is 6.54 Å². The number of nitrogens with one attached hydrogen (secondary N) is 1. The van der Waals surface area contributed by atoms with Gasteiger partial charge in [-0.3, -0.25) is 14.5 Å². The molecule has 0 radical (unpaired) electrons. The molecule has 28 heavy (non-hydrogen) atoms. The molecule has 8 nitrogen and oxygen atoms in total. The molecule has 1 saturated heterocycles. The molecular formula is C20H36N6O2. The second-order valence-electron chi connectivity index (χ2n) is 8.83. The Labute approximate surface area is 168 Å². The van der Waals surface area contributed by atoms with Crippen LogP contribution in [0.2, 0.25) is 0 Å². The Balaban J connectivity index is 1.57. The normalized spacial score (nSPS) is 27.8. The van der Waals surface area contributed by atoms with Gasteiger partial charge in [-0.25, -0.2) is 4.99 Å². The van der Waals surface area contributed by atoms with Gasteiger partial charge in [0, 0.05) is 60.4 Å². The fourth-order valence-corrected chi connectivity index (χ4v) is 4.79. The largest absolute Gasteiger partial charge is 0.347 e. The van der Waals surface area contributed by atoms with Crippen molar-refractivity contribution < 1.29 is 9.59 Å². The first-order valence-corrected chi connectivity index (χ1v) is 10.5. The molecule has 0 aromatic carbocycles. The van der Waals surface area contributed by atoms with E-state index < -0.39 is 0 Å². The van der Waals surface area contributed by atoms with Gasteiger partial charge in [0.1, 0.15) is 6.54 Å². The highest BCUT2D eigenvalue weighted by Gasteiger charge is 2.42. The number of aliphatic imine (C=N–C) groups is 1. The summed E-state index contributed by atoms with van der Waals surface area (Å²) in [6, 6.07) is 0.764. The minimum Gasteiger partial charge on any atom is -0.347 e. The highest BCUT2D eigenvalue weighted by molar-refractivity contribution is 5.88. The lowest BCUT2D eigenvalue weighted by atomic mass is 9.93. The number of nitrogens with zero attached hydrogens (tertiary/aromatic N) is 5. The highest BCUT2D eigenvalue weighted by atomic mass is 16.2. The van der Waals surface area contributed by atoms with Crippen LogP contribution in [0.25, 0.3) is 0 Å². The molecule has 8 heteroatoms. The first-order valence-electron chi connectivity index (χ1n) is 10.5. The summed E-state index contributed by atoms with van der Waals surface area (Å²) in [5.74, 6) is 2.48. The summed E-state index contributed by atoms with van der Waals surface area (Å²) in [7, 11) is 6.94. The molecule has 0 aromatic rings. The molecule has 1 N–H and O–H groups in total. The van der Waals surface area contributed by atoms with E-state index >= 15 is 0 Å². The van der Waals surface area contributed by atoms with Crippen LogP contribution in [-0.2, 0) is 9.59 Å². The molecule has 3 rings (SSSR count). The predicted molar refractivity (Wildman–Crippen MR) is 110 cm³/mol. The molecular weight excluding hydrogens is 356 g/mol. The van der Waals surface area contributed by atoms with Crippen LogP contribution < -0.4 is 5.32 Å². The lowest BCUT2D eigenvalue weighted by Gasteiger charge is -2.42. The zero-order valence-electron chi connectivity index (χ0n) is 17.9. The van der Waals surface area contributed by atoms with Crippen molar-refractivity contribution >= 4 is 17.8 Å². The molecule has 158 valence electrons. The SMILES string of the molecule is CN(C)C(=O)CN=C(NCC(=O)N(C)C)N1CCN(C2CC3CCC2C3)CC1. The summed E-state index contributed by atoms with van der Waals surface area (Å²) in [4.78, 5) is 36.4. The Morgan fingerprint density at radius 1 is 0.964 bits per heavy atom. The molecule has 2 aliphatic carbocycles. The monoisotopic (exact) mass is 392 g/mol. The van der Waals surface area contributed by atoms with Gasteiger partial charge in [0.2, 0.25) is 11.8 Å². The predicted octanol–water partition coefficient (Wildman–Crippen LogP) is -0.0854. The number of carbonyl (C=O) groups is 2. The molecule has 1 aliphatic heterocycles. The van der Waals surface area contributed by atoms with Crippen molar-refractivity contribution in [1.29, 1.82) is 0 Å². The number of piperazine rings is 1. The Hall–Kier alpha value is -1.83. The second kappa shape index (κ2) is 9.11. The highest BCUT2D eigenvalue weighted by Crippen LogP contribution is 2.46. The maximum Gasteiger partial charge on any atom is 0.243 e. The quantitative estimate of drug-likeness (QED) is 0.523. The number of guanidine groups is 1. The third-order valence-electron chi connectivity index (χ3n) is 6.54. The number of hydrogen-bond donors (Lipinski definition) is 1. The van der Waals surface area contributed by atoms with Gasteiger partial charge in [-0.1, -0.05) is 6.42 Å². The van der Waals surface area contributed by atoms with Gasteiger partial charge in [0.25, 0.3) is 0 Å². The number of likely N-dealkylation sites (N-methyl/N-ethyl adjacent to an activating group) is 2. The molecule has 3 atom stereocenters. The Morgan fingerprint density at radius 2 is 1.64 bits per heavy atom. The van der Waals surface area contributed by atoms with E-state index in [9.17, 15) is 9.59 Å². The van der Waals surface area contributed by atoms with Crippen molar-refractivity contribution in [2.75, 3.05) is 67.5 Å². The van der Waals surface area contributed by atoms with Crippen LogP contribution in [0.5, 0.6) is 0 Å². The Kier molecular flexibility index (Phi) is 6.80. The summed E-state index contributed by atoms with van der Waals surface area (Å²) < 4.78 is 0. The molecule has 1 heterocycles. The molecule has 0 spiro atoms. The first kappa shape index (κ1) is 20.9. The van der Waals surface area contributed by atoms with Crippen molar-refractivity contribution in [2.45, 2.75) is 31.7 Å². The first-order chi connectivity index (χ1) is 13.3. The lowest BCUT2D eigenvalue weighted by Crippen LogP contribution is -2.56. The molecule has 2 bridgehead atoms. The average Bonchev–Trinajstić information content (AvgIpc) is 3.31. The van der Waals surface area contributed by atoms with Gasteiger partial charge < -0.3 is 20.0 Å². The fourth-order valence-electron chi connectivity index (χ4n) is 4.79. The van der Waals surface area contributed by atoms with Crippen LogP contribution >= 0.6 is 0 Å². The van der Waals surface area contributed by atoms with Crippen molar-refractivity contribution in [3.63, 3.8) is 0 Å². The van der Waals surface area contributed by atoms with E-state index in [4.69, 9.17) is 0 Å². The Bertz CT molecular complexity index is 598. The van der Waals surface area contributed by atoms with Crippen LogP contribution in [-0.4, -0.2) is 111 Å². The minimum absolute atomic E-state index is 0.00717. The molecule has 2 saturated carbocycles. The minimum atomic E-state index is -0.0427. The number of hydrogen-bond acceptors (Lipinski definition) is 4. The van der Waals surface area contributed by atoms with Gasteiger partial charge >= 0.3 is 0 Å². The van der Waals surface area contributed by atoms with Gasteiger partial charge in [-0.15, -0.1) is 0 Å². The molecule has 2 amide bonds. The van der Waals surface area contributed by atoms with Crippen LogP contribution in [0.15, 0.2) is 4.99 Å². The zero-order chi connectivity index (χ0) is 20.3. The van der Waals surface area contributed by atoms with E-state index in [-0.39, 0.29) is 24.9 Å². The lowest BCUT2D eigenvalue weighted by molar-refractivity contribution is -0.127. The summed E-state index contributed by atoms with van der Waals surface area (Å²) >= 11 is 0. The van der Waals surface area contributed by atoms with Crippen LogP contribution in [0.3, 0.4) is 0 Å². The van der Waals surface area contributed by atoms with E-state index in [0.717, 1.165) is 44.1 Å². The molecule has 3 aliphatic rings. The van der Waals surface area contributed by atoms with Crippen LogP contribution in [0.4, 0.5) is 0 Å². The van der Waals surface area contributed by atoms with Crippen molar-refractivity contribution in [3.8, 4) is 0 Å². The van der Waals surface area contributed by atoms with Gasteiger partial charge in [-0.2, -0.15) is 0 Å². The molecule has 3 fully saturated rings. The van der Waals surface area contributed by atoms with Crippen LogP contribution in [0.1, 0.15) is 25.7 Å². The third kappa shape index (κ3) is 4.96. The average molecular weight is 393 g/mol. The summed E-state index contributed by atoms with van der Waals surface area (Å²) in [6.07, 6.45) is 5.64. The summed E-state index contributed by atoms with van der Waals surface area (Å²) in [6.45, 7) is 4.10. The van der Waals surface area contributed by atoms with Gasteiger partial charge in [-0.05, 0) is 31.1 Å². The van der Waals surface area contributed by atoms with E-state index in [1.165, 1.54) is 25.7 Å². The number of amides is 2. The Morgan fingerprint density at radius 3 is 2.18 bits per heavy atom. The molecule has 3 unspecified atom stereocenters. The van der Waals surface area contributed by atoms with E-state index in [1.54, 1.807) is 38.0 Å².